The Hall–Kier alpha value is -3.41. The number of aromatic amines is 1. The van der Waals surface area contributed by atoms with Gasteiger partial charge in [-0.15, -0.1) is 0 Å². The van der Waals surface area contributed by atoms with Crippen LogP contribution in [0.25, 0.3) is 10.9 Å². The largest absolute Gasteiger partial charge is 0.325 e. The molecule has 1 aliphatic rings. The molecule has 1 atom stereocenters. The van der Waals surface area contributed by atoms with E-state index >= 15 is 0 Å². The van der Waals surface area contributed by atoms with E-state index in [-0.39, 0.29) is 30.0 Å². The lowest BCUT2D eigenvalue weighted by Gasteiger charge is -2.40. The van der Waals surface area contributed by atoms with E-state index in [2.05, 4.69) is 4.98 Å². The van der Waals surface area contributed by atoms with E-state index in [1.54, 1.807) is 15.9 Å². The molecule has 0 aliphatic carbocycles. The Balaban J connectivity index is 1.69. The third-order valence-corrected chi connectivity index (χ3v) is 5.48. The number of rotatable bonds is 2. The zero-order chi connectivity index (χ0) is 20.7. The molecule has 6 heteroatoms. The summed E-state index contributed by atoms with van der Waals surface area (Å²) in [4.78, 5) is 44.4. The van der Waals surface area contributed by atoms with Gasteiger partial charge in [0, 0.05) is 35.2 Å². The molecule has 6 nitrogen and oxygen atoms in total. The molecule has 1 fully saturated rings. The topological polar surface area (TPSA) is 73.5 Å². The molecule has 1 N–H and O–H groups in total. The van der Waals surface area contributed by atoms with Crippen molar-refractivity contribution in [1.29, 1.82) is 0 Å². The highest BCUT2D eigenvalue weighted by Gasteiger charge is 2.34. The summed E-state index contributed by atoms with van der Waals surface area (Å²) in [6, 6.07) is 14.4. The minimum atomic E-state index is -0.331. The van der Waals surface area contributed by atoms with Crippen LogP contribution in [0.2, 0.25) is 0 Å². The number of benzene rings is 2. The Bertz CT molecular complexity index is 1180. The van der Waals surface area contributed by atoms with Crippen LogP contribution in [0.15, 0.2) is 53.3 Å². The quantitative estimate of drug-likeness (QED) is 0.732. The summed E-state index contributed by atoms with van der Waals surface area (Å²) >= 11 is 0. The smallest absolute Gasteiger partial charge is 0.255 e. The molecule has 29 heavy (non-hydrogen) atoms. The molecule has 1 aromatic heterocycles. The van der Waals surface area contributed by atoms with Gasteiger partial charge in [-0.3, -0.25) is 14.4 Å². The van der Waals surface area contributed by atoms with Gasteiger partial charge in [0.15, 0.2) is 0 Å². The zero-order valence-corrected chi connectivity index (χ0v) is 16.7. The van der Waals surface area contributed by atoms with Crippen molar-refractivity contribution >= 4 is 28.4 Å². The predicted octanol–water partition coefficient (Wildman–Crippen LogP) is 3.02. The van der Waals surface area contributed by atoms with Crippen molar-refractivity contribution in [2.24, 2.45) is 0 Å². The summed E-state index contributed by atoms with van der Waals surface area (Å²) in [6.07, 6.45) is 0. The van der Waals surface area contributed by atoms with Gasteiger partial charge in [0.25, 0.3) is 5.91 Å². The van der Waals surface area contributed by atoms with Gasteiger partial charge in [-0.2, -0.15) is 0 Å². The van der Waals surface area contributed by atoms with Crippen molar-refractivity contribution in [2.75, 3.05) is 18.0 Å². The maximum absolute atomic E-state index is 13.3. The molecule has 2 heterocycles. The van der Waals surface area contributed by atoms with Crippen molar-refractivity contribution in [3.63, 3.8) is 0 Å². The summed E-state index contributed by atoms with van der Waals surface area (Å²) in [7, 11) is 0. The Kier molecular flexibility index (Phi) is 4.70. The van der Waals surface area contributed by atoms with Gasteiger partial charge in [-0.25, -0.2) is 0 Å². The maximum Gasteiger partial charge on any atom is 0.255 e. The molecule has 0 bridgehead atoms. The van der Waals surface area contributed by atoms with Gasteiger partial charge in [0.2, 0.25) is 11.5 Å². The number of anilines is 1. The van der Waals surface area contributed by atoms with E-state index in [0.29, 0.717) is 23.0 Å². The van der Waals surface area contributed by atoms with Crippen LogP contribution in [0.4, 0.5) is 5.69 Å². The highest BCUT2D eigenvalue weighted by Crippen LogP contribution is 2.26. The van der Waals surface area contributed by atoms with Crippen molar-refractivity contribution in [3.05, 3.63) is 75.6 Å². The molecule has 4 rings (SSSR count). The number of aryl methyl sites for hydroxylation is 2. The standard InChI is InChI=1S/C23H23N3O3/c1-14-8-9-19-17(10-14)18(11-21(27)24-19)23(29)25-13-22(28)26(12-16(25)3)20-7-5-4-6-15(20)2/h4-11,16H,12-13H2,1-3H3,(H,24,27)/t16-/m0/s1. The van der Waals surface area contributed by atoms with Gasteiger partial charge in [0.1, 0.15) is 6.54 Å². The van der Waals surface area contributed by atoms with Crippen molar-refractivity contribution < 1.29 is 9.59 Å². The highest BCUT2D eigenvalue weighted by atomic mass is 16.2. The van der Waals surface area contributed by atoms with Crippen LogP contribution in [0.3, 0.4) is 0 Å². The first-order valence-corrected chi connectivity index (χ1v) is 9.66. The summed E-state index contributed by atoms with van der Waals surface area (Å²) < 4.78 is 0. The van der Waals surface area contributed by atoms with E-state index in [0.717, 1.165) is 16.8 Å². The maximum atomic E-state index is 13.3. The lowest BCUT2D eigenvalue weighted by Crippen LogP contribution is -2.57. The molecule has 0 unspecified atom stereocenters. The fourth-order valence-electron chi connectivity index (χ4n) is 3.92. The second-order valence-corrected chi connectivity index (χ2v) is 7.67. The number of pyridine rings is 1. The number of fused-ring (bicyclic) bond motifs is 1. The van der Waals surface area contributed by atoms with Gasteiger partial charge in [-0.1, -0.05) is 29.8 Å². The van der Waals surface area contributed by atoms with Gasteiger partial charge < -0.3 is 14.8 Å². The van der Waals surface area contributed by atoms with E-state index in [1.807, 2.05) is 57.2 Å². The molecular formula is C23H23N3O3. The third-order valence-electron chi connectivity index (χ3n) is 5.48. The SMILES string of the molecule is Cc1ccc2[nH]c(=O)cc(C(=O)N3CC(=O)N(c4ccccc4C)C[C@@H]3C)c2c1. The first-order chi connectivity index (χ1) is 13.8. The normalized spacial score (nSPS) is 17.1. The Morgan fingerprint density at radius 1 is 1.07 bits per heavy atom. The molecule has 0 radical (unpaired) electrons. The van der Waals surface area contributed by atoms with Crippen LogP contribution in [0.5, 0.6) is 0 Å². The minimum absolute atomic E-state index is 0.0194. The van der Waals surface area contributed by atoms with Crippen LogP contribution in [0.1, 0.15) is 28.4 Å². The molecule has 1 aliphatic heterocycles. The lowest BCUT2D eigenvalue weighted by molar-refractivity contribution is -0.121. The van der Waals surface area contributed by atoms with E-state index in [4.69, 9.17) is 0 Å². The van der Waals surface area contributed by atoms with E-state index < -0.39 is 0 Å². The van der Waals surface area contributed by atoms with Crippen LogP contribution in [-0.4, -0.2) is 40.8 Å². The number of hydrogen-bond donors (Lipinski definition) is 1. The summed E-state index contributed by atoms with van der Waals surface area (Å²) in [5.41, 5.74) is 3.49. The first-order valence-electron chi connectivity index (χ1n) is 9.66. The molecule has 3 aromatic rings. The number of para-hydroxylation sites is 1. The minimum Gasteiger partial charge on any atom is -0.325 e. The lowest BCUT2D eigenvalue weighted by atomic mass is 10.0. The molecule has 1 saturated heterocycles. The van der Waals surface area contributed by atoms with Crippen molar-refractivity contribution in [3.8, 4) is 0 Å². The summed E-state index contributed by atoms with van der Waals surface area (Å²) in [6.45, 7) is 6.22. The first kappa shape index (κ1) is 18.9. The molecule has 148 valence electrons. The second-order valence-electron chi connectivity index (χ2n) is 7.67. The second kappa shape index (κ2) is 7.20. The number of piperazine rings is 1. The van der Waals surface area contributed by atoms with Gasteiger partial charge >= 0.3 is 0 Å². The fraction of sp³-hybridized carbons (Fsp3) is 0.261. The summed E-state index contributed by atoms with van der Waals surface area (Å²) in [5.74, 6) is -0.423. The average Bonchev–Trinajstić information content (AvgIpc) is 2.69. The van der Waals surface area contributed by atoms with E-state index in [1.165, 1.54) is 6.07 Å². The molecular weight excluding hydrogens is 366 g/mol. The third kappa shape index (κ3) is 3.42. The number of amides is 2. The number of nitrogens with zero attached hydrogens (tertiary/aromatic N) is 2. The number of hydrogen-bond acceptors (Lipinski definition) is 3. The predicted molar refractivity (Wildman–Crippen MR) is 113 cm³/mol. The Morgan fingerprint density at radius 2 is 1.83 bits per heavy atom. The van der Waals surface area contributed by atoms with E-state index in [9.17, 15) is 14.4 Å². The number of nitrogens with one attached hydrogen (secondary N) is 1. The molecule has 2 amide bonds. The highest BCUT2D eigenvalue weighted by molar-refractivity contribution is 6.08. The Morgan fingerprint density at radius 3 is 2.59 bits per heavy atom. The van der Waals surface area contributed by atoms with Crippen LogP contribution in [0, 0.1) is 13.8 Å². The van der Waals surface area contributed by atoms with Crippen molar-refractivity contribution in [2.45, 2.75) is 26.8 Å². The molecule has 0 spiro atoms. The van der Waals surface area contributed by atoms with Crippen LogP contribution in [-0.2, 0) is 4.79 Å². The zero-order valence-electron chi connectivity index (χ0n) is 16.7. The number of carbonyl (C=O) groups excluding carboxylic acids is 2. The summed E-state index contributed by atoms with van der Waals surface area (Å²) in [5, 5.41) is 0.690. The molecule has 2 aromatic carbocycles. The van der Waals surface area contributed by atoms with Gasteiger partial charge in [0.05, 0.1) is 5.56 Å². The number of carbonyl (C=O) groups is 2. The van der Waals surface area contributed by atoms with Crippen LogP contribution < -0.4 is 10.5 Å². The monoisotopic (exact) mass is 389 g/mol. The average molecular weight is 389 g/mol. The number of H-pyrrole nitrogens is 1. The Labute approximate surface area is 168 Å². The van der Waals surface area contributed by atoms with Crippen molar-refractivity contribution in [1.82, 2.24) is 9.88 Å². The number of aromatic nitrogens is 1. The fourth-order valence-corrected chi connectivity index (χ4v) is 3.92. The van der Waals surface area contributed by atoms with Crippen LogP contribution >= 0.6 is 0 Å². The van der Waals surface area contributed by atoms with Gasteiger partial charge in [-0.05, 0) is 44.5 Å². The molecule has 0 saturated carbocycles.